The Labute approximate surface area is 863 Å². The van der Waals surface area contributed by atoms with Crippen molar-refractivity contribution in [2.45, 2.75) is 153 Å². The summed E-state index contributed by atoms with van der Waals surface area (Å²) in [6.45, 7) is 18.4. The van der Waals surface area contributed by atoms with Crippen LogP contribution >= 0.6 is 15.9 Å². The first-order valence-corrected chi connectivity index (χ1v) is 47.0. The molecule has 0 unspecified atom stereocenters. The summed E-state index contributed by atoms with van der Waals surface area (Å²) in [5.41, 5.74) is 28.4. The maximum Gasteiger partial charge on any atom is 1.00 e. The zero-order chi connectivity index (χ0) is 99.6. The predicted molar refractivity (Wildman–Crippen MR) is 555 cm³/mol. The van der Waals surface area contributed by atoms with E-state index in [1.54, 1.807) is 56.4 Å². The summed E-state index contributed by atoms with van der Waals surface area (Å²) in [5.74, 6) is 1.36. The molecule has 0 bridgehead atoms. The van der Waals surface area contributed by atoms with Gasteiger partial charge in [0.05, 0.1) is 24.2 Å². The Morgan fingerprint density at radius 2 is 0.704 bits per heavy atom. The van der Waals surface area contributed by atoms with Gasteiger partial charge in [0.15, 0.2) is 0 Å². The quantitative estimate of drug-likeness (QED) is 0.00601. The van der Waals surface area contributed by atoms with Crippen LogP contribution in [0.15, 0.2) is 332 Å². The van der Waals surface area contributed by atoms with Crippen molar-refractivity contribution in [3.8, 4) is 33.4 Å². The van der Waals surface area contributed by atoms with Crippen molar-refractivity contribution < 1.29 is 105 Å². The second-order valence-electron chi connectivity index (χ2n) is 33.2. The van der Waals surface area contributed by atoms with Crippen LogP contribution in [0.1, 0.15) is 175 Å². The van der Waals surface area contributed by atoms with Crippen molar-refractivity contribution in [1.82, 2.24) is 39.5 Å². The first-order chi connectivity index (χ1) is 66.2. The van der Waals surface area contributed by atoms with Gasteiger partial charge in [-0.15, -0.1) is 18.5 Å². The monoisotopic (exact) mass is 2020 g/mol. The average molecular weight is 2030 g/mol. The van der Waals surface area contributed by atoms with Gasteiger partial charge in [0.2, 0.25) is 5.56 Å². The number of carbonyl (C=O) groups excluding carboxylic acids is 4. The van der Waals surface area contributed by atoms with Gasteiger partial charge in [-0.1, -0.05) is 255 Å². The summed E-state index contributed by atoms with van der Waals surface area (Å²) in [6.07, 6.45) is 15.3. The molecule has 4 aromatic heterocycles. The summed E-state index contributed by atoms with van der Waals surface area (Å²) in [6, 6.07) is 85.3. The van der Waals surface area contributed by atoms with Crippen LogP contribution in [0, 0.1) is 10.1 Å². The molecule has 4 aliphatic heterocycles. The topological polar surface area (TPSA) is 476 Å². The normalized spacial score (nSPS) is 18.0. The molecule has 3 radical (unpaired) electrons. The molecule has 0 saturated carbocycles. The minimum Gasteiger partial charge on any atom is -0.444 e. The van der Waals surface area contributed by atoms with Gasteiger partial charge in [0, 0.05) is 138 Å². The van der Waals surface area contributed by atoms with E-state index in [0.29, 0.717) is 107 Å². The molecule has 12 aromatic rings. The number of nitrogen functional groups attached to an aromatic ring is 3. The Morgan fingerprint density at radius 3 is 0.958 bits per heavy atom. The number of aliphatic hydroxyl groups is 2. The summed E-state index contributed by atoms with van der Waals surface area (Å²) in [7, 11) is -6.13. The zero-order valence-electron chi connectivity index (χ0n) is 78.6. The van der Waals surface area contributed by atoms with E-state index in [2.05, 4.69) is 49.0 Å². The van der Waals surface area contributed by atoms with Gasteiger partial charge in [-0.25, -0.2) is 34.1 Å². The van der Waals surface area contributed by atoms with Gasteiger partial charge < -0.3 is 91.1 Å². The fourth-order valence-electron chi connectivity index (χ4n) is 16.9. The number of nitrogens with zero attached hydrogens (tertiary/aromatic N) is 8. The van der Waals surface area contributed by atoms with Crippen molar-refractivity contribution in [1.29, 1.82) is 0 Å². The van der Waals surface area contributed by atoms with Gasteiger partial charge >= 0.3 is 71.4 Å². The van der Waals surface area contributed by atoms with E-state index >= 15 is 0 Å². The van der Waals surface area contributed by atoms with Crippen LogP contribution in [0.3, 0.4) is 0 Å². The van der Waals surface area contributed by atoms with Crippen molar-refractivity contribution in [3.63, 3.8) is 0 Å². The van der Waals surface area contributed by atoms with E-state index in [4.69, 9.17) is 73.8 Å². The first kappa shape index (κ1) is 118. The standard InChI is InChI=1S/C26H29N3O3.C26H27N3O2.C26H28N2O4.C21H22BrNO2.C5H7BN2O2.2CH4.B.HNO2.Na.H2O4S/c1-19(20-8-10-21(11-9-20)22-12-13-24(27)28-18-22)29-16-15-26(14-5-17-30,32-25(29)31)23-6-3-2-4-7-23;1-3-15-26(23-7-5-4-6-8-23)16-17-29(25(30)31-26)19(2)20-9-11-21(12-10-20)22-13-14-24(27)28-18-22;1-19(20-8-10-21(11-9-20)22-12-13-24(30)27-18-22)28-16-15-26(14-5-17-29,32-25(28)31)23-6-3-2-4-7-23;1-3-13-21(18-7-5-4-6-8-18)14-15-23(20(24)25-21)16(2)17-9-11-19(22)12-10-17;7-5-2-1-4(3-8-5)6(9)10;;;;2-1-3;;1-5(2,3)4/h2-4,6-13,18-19,30H,5,14-17H2,1H3,(H2,27,28);3-14,18-19H,1,15-17H2,2H3,(H2,27,28);2-4,6-13,18-19,29H,5,14-17H2,1H3,(H,27,30);3-12,16H,1,13-15H2,2H3;1-3,9-10H,(H2,7,8);2*1H4;;(H,2,3);;(H2,1,2,3,4)/q;;;;;;;;;+1;/p-1/t3*19-,26+;16-,21+;;;;;;;/m0000......./s1. The number of halogens is 1. The van der Waals surface area contributed by atoms with E-state index in [9.17, 15) is 34.2 Å². The number of pyridine rings is 4. The zero-order valence-corrected chi connectivity index (χ0v) is 83.0. The SMILES string of the molecule is C.C.C=CC[C@]1(c2ccccc2)CCN([C@@H](C)c2ccc(-c3ccc(N)nc3)cc2)C(=O)O1.C=CC[C@]1(c2ccccc2)CCN([C@@H](C)c2ccc(Br)cc2)C(=O)O1.C[C@@H](c1ccc(-c2ccc(=O)[nH]c2)cc1)N1CC[C@](CCCO)(c2ccccc2)OC1=O.C[C@@H](c1ccc(-c2ccc(N)nc2)cc1)N1CC[C@](CCCO)(c2ccccc2)OC1=O.Nc1ccc(B(O)O)cn1.O=N[O-].O=S(=O)(O)O.[B].[Na+]. The number of hydrogen-bond acceptors (Lipinski definition) is 24. The molecular formula is C106H123B2BrN12NaO19S. The minimum atomic E-state index is -4.67. The number of aliphatic hydroxyl groups excluding tert-OH is 2. The molecule has 16 rings (SSSR count). The van der Waals surface area contributed by atoms with Crippen LogP contribution in [0.2, 0.25) is 0 Å². The number of aromatic nitrogens is 4. The molecule has 0 spiro atoms. The minimum absolute atomic E-state index is 0. The number of rotatable bonds is 26. The Kier molecular flexibility index (Phi) is 46.7. The molecule has 142 heavy (non-hydrogen) atoms. The third kappa shape index (κ3) is 32.4. The molecule has 741 valence electrons. The Hall–Kier alpha value is -13.2. The summed E-state index contributed by atoms with van der Waals surface area (Å²) >= 11 is 3.45. The molecule has 0 aliphatic carbocycles. The van der Waals surface area contributed by atoms with Gasteiger partial charge in [-0.05, 0) is 169 Å². The van der Waals surface area contributed by atoms with Gasteiger partial charge in [0.1, 0.15) is 39.9 Å². The number of nitrogens with one attached hydrogen (secondary N) is 1. The summed E-state index contributed by atoms with van der Waals surface area (Å²) in [5, 5.41) is 44.9. The van der Waals surface area contributed by atoms with Crippen LogP contribution < -0.4 is 57.8 Å². The van der Waals surface area contributed by atoms with Crippen molar-refractivity contribution >= 4 is 89.1 Å². The van der Waals surface area contributed by atoms with Crippen molar-refractivity contribution in [2.75, 3.05) is 56.6 Å². The number of hydrogen-bond donors (Lipinski definition) is 10. The number of aromatic amines is 1. The predicted octanol–water partition coefficient (Wildman–Crippen LogP) is 16.9. The van der Waals surface area contributed by atoms with E-state index in [-0.39, 0.29) is 120 Å². The number of amides is 4. The van der Waals surface area contributed by atoms with Crippen LogP contribution in [-0.4, -0.2) is 157 Å². The molecule has 8 heterocycles. The van der Waals surface area contributed by atoms with Crippen molar-refractivity contribution in [3.05, 3.63) is 386 Å². The Bertz CT molecular complexity index is 6080. The van der Waals surface area contributed by atoms with Crippen LogP contribution in [0.25, 0.3) is 33.4 Å². The van der Waals surface area contributed by atoms with E-state index in [0.717, 1.165) is 94.1 Å². The third-order valence-electron chi connectivity index (χ3n) is 24.6. The van der Waals surface area contributed by atoms with Crippen LogP contribution in [0.5, 0.6) is 0 Å². The maximum atomic E-state index is 13.1. The number of H-pyrrole nitrogens is 1. The molecule has 4 amide bonds. The van der Waals surface area contributed by atoms with Gasteiger partial charge in [-0.3, -0.25) is 13.9 Å². The number of cyclic esters (lactones) is 4. The Balaban J connectivity index is 0.000000271. The second kappa shape index (κ2) is 56.5. The molecule has 36 heteroatoms. The molecule has 8 aromatic carbocycles. The number of benzene rings is 8. The molecule has 13 N–H and O–H groups in total. The average Bonchev–Trinajstić information content (AvgIpc) is 0.783. The fourth-order valence-corrected chi connectivity index (χ4v) is 17.1. The third-order valence-corrected chi connectivity index (χ3v) is 25.1. The van der Waals surface area contributed by atoms with E-state index < -0.39 is 39.9 Å². The largest absolute Gasteiger partial charge is 1.00 e. The smallest absolute Gasteiger partial charge is 0.444 e. The van der Waals surface area contributed by atoms with Crippen LogP contribution in [-0.2, 0) is 51.8 Å². The summed E-state index contributed by atoms with van der Waals surface area (Å²) in [4.78, 5) is 93.1. The maximum absolute atomic E-state index is 13.1. The molecule has 8 atom stereocenters. The molecule has 4 saturated heterocycles. The first-order valence-electron chi connectivity index (χ1n) is 44.8. The molecule has 4 aliphatic rings. The summed E-state index contributed by atoms with van der Waals surface area (Å²) < 4.78 is 56.8. The van der Waals surface area contributed by atoms with Gasteiger partial charge in [-0.2, -0.15) is 8.42 Å². The molecular weight excluding hydrogens is 1900 g/mol. The van der Waals surface area contributed by atoms with E-state index in [1.807, 2.05) is 270 Å². The Morgan fingerprint density at radius 1 is 0.444 bits per heavy atom. The number of carbonyl (C=O) groups is 4. The molecule has 4 fully saturated rings. The fraction of sp³-hybridized carbons (Fsp3) is 0.283. The van der Waals surface area contributed by atoms with Crippen LogP contribution in [0.4, 0.5) is 36.6 Å². The number of ether oxygens (including phenoxy) is 4. The van der Waals surface area contributed by atoms with E-state index in [1.165, 1.54) is 24.4 Å². The number of anilines is 3. The molecule has 31 nitrogen and oxygen atoms in total. The number of nitrogens with two attached hydrogens (primary N) is 3. The van der Waals surface area contributed by atoms with Gasteiger partial charge in [0.25, 0.3) is 0 Å². The van der Waals surface area contributed by atoms with Crippen molar-refractivity contribution in [2.24, 2.45) is 5.34 Å². The second-order valence-corrected chi connectivity index (χ2v) is 35.1.